The van der Waals surface area contributed by atoms with E-state index in [-0.39, 0.29) is 80.9 Å². The van der Waals surface area contributed by atoms with Crippen LogP contribution in [0.3, 0.4) is 0 Å². The summed E-state index contributed by atoms with van der Waals surface area (Å²) in [6, 6.07) is 6.30. The number of rotatable bonds is 7. The second kappa shape index (κ2) is 18.5. The van der Waals surface area contributed by atoms with E-state index in [4.69, 9.17) is 28.5 Å². The summed E-state index contributed by atoms with van der Waals surface area (Å²) in [5, 5.41) is 10.1. The van der Waals surface area contributed by atoms with Gasteiger partial charge < -0.3 is 14.6 Å². The number of hydrogen-bond acceptors (Lipinski definition) is 7. The number of pyridine rings is 2. The van der Waals surface area contributed by atoms with Crippen LogP contribution >= 0.6 is 19.1 Å². The third-order valence-electron chi connectivity index (χ3n) is 4.83. The minimum atomic E-state index is -0.920. The van der Waals surface area contributed by atoms with E-state index in [0.29, 0.717) is 6.42 Å². The van der Waals surface area contributed by atoms with Gasteiger partial charge in [0.2, 0.25) is 0 Å². The number of nitrogens with zero attached hydrogens (tertiary/aromatic N) is 2. The monoisotopic (exact) mass is 626 g/mol. The van der Waals surface area contributed by atoms with Crippen molar-refractivity contribution in [1.82, 2.24) is 9.97 Å². The molecule has 0 saturated carbocycles. The van der Waals surface area contributed by atoms with Gasteiger partial charge in [-0.25, -0.2) is 0 Å². The quantitative estimate of drug-likeness (QED) is 0.248. The minimum absolute atomic E-state index is 0. The van der Waals surface area contributed by atoms with Crippen molar-refractivity contribution in [2.75, 3.05) is 7.11 Å². The van der Waals surface area contributed by atoms with Crippen molar-refractivity contribution >= 4 is 31.0 Å². The van der Waals surface area contributed by atoms with Crippen molar-refractivity contribution < 1.29 is 40.1 Å². The van der Waals surface area contributed by atoms with E-state index in [0.717, 1.165) is 0 Å². The van der Waals surface area contributed by atoms with E-state index < -0.39 is 16.8 Å². The number of esters is 2. The first-order valence-corrected chi connectivity index (χ1v) is 13.3. The fourth-order valence-electron chi connectivity index (χ4n) is 3.12. The molecule has 0 saturated heterocycles. The second-order valence-electron chi connectivity index (χ2n) is 7.62. The predicted molar refractivity (Wildman–Crippen MR) is 142 cm³/mol. The van der Waals surface area contributed by atoms with Crippen molar-refractivity contribution in [2.24, 2.45) is 10.8 Å². The normalized spacial score (nSPS) is 11.4. The molecule has 2 aromatic heterocycles. The zero-order chi connectivity index (χ0) is 23.7. The van der Waals surface area contributed by atoms with Crippen LogP contribution in [0.25, 0.3) is 11.4 Å². The molecule has 0 aliphatic rings. The molecule has 1 N–H and O–H groups in total. The van der Waals surface area contributed by atoms with Gasteiger partial charge in [0, 0.05) is 12.4 Å². The van der Waals surface area contributed by atoms with Crippen LogP contribution in [0.15, 0.2) is 36.7 Å². The molecule has 0 fully saturated rings. The van der Waals surface area contributed by atoms with Gasteiger partial charge in [-0.3, -0.25) is 19.6 Å². The fourth-order valence-corrected chi connectivity index (χ4v) is 3.12. The molecule has 0 aliphatic carbocycles. The van der Waals surface area contributed by atoms with Crippen molar-refractivity contribution in [1.29, 1.82) is 0 Å². The van der Waals surface area contributed by atoms with Crippen LogP contribution in [0.4, 0.5) is 0 Å². The van der Waals surface area contributed by atoms with Gasteiger partial charge in [0.15, 0.2) is 5.75 Å². The summed E-state index contributed by atoms with van der Waals surface area (Å²) in [7, 11) is 11.0. The van der Waals surface area contributed by atoms with E-state index in [1.165, 1.54) is 25.6 Å². The number of methoxy groups -OCH3 is 1. The first-order valence-electron chi connectivity index (χ1n) is 9.28. The van der Waals surface area contributed by atoms with Crippen molar-refractivity contribution in [3.05, 3.63) is 36.7 Å². The van der Waals surface area contributed by atoms with Gasteiger partial charge in [-0.2, -0.15) is 0 Å². The third-order valence-corrected chi connectivity index (χ3v) is 4.83. The number of halogens is 2. The molecule has 35 heavy (non-hydrogen) atoms. The molecule has 0 spiro atoms. The van der Waals surface area contributed by atoms with Crippen LogP contribution in [0.2, 0.25) is 0 Å². The SMILES string of the molecule is C.C.C.C.CCC(C)(CC(C)(C)C(=O)OC)C(=O)Oc1cccnc1-c1ncccc1O.[Cl][Pd][Cl]. The summed E-state index contributed by atoms with van der Waals surface area (Å²) in [6.07, 6.45) is 3.77. The van der Waals surface area contributed by atoms with Crippen LogP contribution in [-0.4, -0.2) is 34.1 Å². The first kappa shape index (κ1) is 40.5. The van der Waals surface area contributed by atoms with E-state index in [9.17, 15) is 14.7 Å². The van der Waals surface area contributed by atoms with Gasteiger partial charge in [-0.1, -0.05) is 36.6 Å². The molecule has 10 heteroatoms. The number of aromatic hydroxyl groups is 1. The zero-order valence-corrected chi connectivity index (χ0v) is 21.0. The molecule has 1 unspecified atom stereocenters. The number of aromatic nitrogens is 2. The van der Waals surface area contributed by atoms with Gasteiger partial charge >= 0.3 is 46.9 Å². The van der Waals surface area contributed by atoms with Gasteiger partial charge in [0.25, 0.3) is 0 Å². The molecular weight excluding hydrogens is 586 g/mol. The van der Waals surface area contributed by atoms with Crippen LogP contribution in [0.5, 0.6) is 11.5 Å². The van der Waals surface area contributed by atoms with E-state index in [1.807, 2.05) is 6.92 Å². The molecule has 0 bridgehead atoms. The summed E-state index contributed by atoms with van der Waals surface area (Å²) in [6.45, 7) is 7.10. The molecule has 0 amide bonds. The Hall–Kier alpha value is -1.72. The summed E-state index contributed by atoms with van der Waals surface area (Å²) in [5.41, 5.74) is -1.29. The first-order chi connectivity index (χ1) is 14.6. The topological polar surface area (TPSA) is 98.6 Å². The average Bonchev–Trinajstić information content (AvgIpc) is 2.74. The standard InChI is InChI=1S/C21H26N2O5.4CH4.2ClH.Pd/c1-6-21(4,13-20(2,3)18(25)27-5)19(26)28-15-10-8-12-23-17(15)16-14(24)9-7-11-22-16;;;;;;;/h7-12,24H,6,13H2,1-5H3;4*1H4;2*1H;/q;;;;;;;+2/p-2. The number of carbonyl (C=O) groups excluding carboxylic acids is 2. The van der Waals surface area contributed by atoms with Crippen molar-refractivity contribution in [2.45, 2.75) is 70.2 Å². The van der Waals surface area contributed by atoms with Crippen LogP contribution in [0.1, 0.15) is 70.2 Å². The molecule has 2 heterocycles. The Balaban J connectivity index is -0.000000652. The third kappa shape index (κ3) is 11.3. The van der Waals surface area contributed by atoms with Crippen LogP contribution in [-0.2, 0) is 30.3 Å². The van der Waals surface area contributed by atoms with Gasteiger partial charge in [-0.15, -0.1) is 0 Å². The summed E-state index contributed by atoms with van der Waals surface area (Å²) in [4.78, 5) is 33.4. The molecule has 0 radical (unpaired) electrons. The zero-order valence-electron chi connectivity index (χ0n) is 17.9. The van der Waals surface area contributed by atoms with Gasteiger partial charge in [-0.05, 0) is 57.9 Å². The Bertz CT molecular complexity index is 900. The molecule has 1 atom stereocenters. The van der Waals surface area contributed by atoms with Gasteiger partial charge in [0.1, 0.15) is 17.1 Å². The van der Waals surface area contributed by atoms with E-state index >= 15 is 0 Å². The molecule has 0 aliphatic heterocycles. The molecule has 206 valence electrons. The average molecular weight is 628 g/mol. The van der Waals surface area contributed by atoms with Gasteiger partial charge in [0.05, 0.1) is 17.9 Å². The maximum absolute atomic E-state index is 13.0. The second-order valence-corrected chi connectivity index (χ2v) is 9.98. The number of ether oxygens (including phenoxy) is 2. The summed E-state index contributed by atoms with van der Waals surface area (Å²) < 4.78 is 10.5. The fraction of sp³-hybridized carbons (Fsp3) is 0.520. The van der Waals surface area contributed by atoms with Crippen molar-refractivity contribution in [3.63, 3.8) is 0 Å². The van der Waals surface area contributed by atoms with E-state index in [1.54, 1.807) is 39.0 Å². The van der Waals surface area contributed by atoms with E-state index in [2.05, 4.69) is 9.97 Å². The Morgan fingerprint density at radius 1 is 0.971 bits per heavy atom. The number of hydrogen-bond donors (Lipinski definition) is 1. The predicted octanol–water partition coefficient (Wildman–Crippen LogP) is 7.68. The molecule has 2 aromatic rings. The molecular formula is C25H42Cl2N2O5Pd. The summed E-state index contributed by atoms with van der Waals surface area (Å²) in [5.74, 6) is -0.752. The Morgan fingerprint density at radius 3 is 1.91 bits per heavy atom. The van der Waals surface area contributed by atoms with Crippen molar-refractivity contribution in [3.8, 4) is 22.9 Å². The molecule has 7 nitrogen and oxygen atoms in total. The summed E-state index contributed by atoms with van der Waals surface area (Å²) >= 11 is -0.106. The Labute approximate surface area is 228 Å². The number of carbonyl (C=O) groups is 2. The molecule has 0 aromatic carbocycles. The van der Waals surface area contributed by atoms with Crippen LogP contribution < -0.4 is 4.74 Å². The molecule has 2 rings (SSSR count). The Morgan fingerprint density at radius 2 is 1.46 bits per heavy atom. The maximum atomic E-state index is 13.0. The Kier molecular flexibility index (Phi) is 21.4. The van der Waals surface area contributed by atoms with Crippen LogP contribution in [0, 0.1) is 10.8 Å².